The number of nitrogens with one attached hydrogen (secondary N) is 2. The van der Waals surface area contributed by atoms with E-state index in [0.717, 1.165) is 0 Å². The molecule has 180 valence electrons. The Morgan fingerprint density at radius 2 is 1.68 bits per heavy atom. The minimum absolute atomic E-state index is 0.00375. The molecule has 34 heavy (non-hydrogen) atoms. The van der Waals surface area contributed by atoms with Crippen molar-refractivity contribution in [2.45, 2.75) is 25.0 Å². The monoisotopic (exact) mass is 559 g/mol. The third-order valence-electron chi connectivity index (χ3n) is 4.81. The number of carbonyl (C=O) groups excluding carboxylic acids is 2. The predicted octanol–water partition coefficient (Wildman–Crippen LogP) is 6.29. The highest BCUT2D eigenvalue weighted by Gasteiger charge is 2.26. The fraction of sp³-hybridized carbons (Fsp3) is 0.273. The van der Waals surface area contributed by atoms with Crippen LogP contribution in [0, 0.1) is 5.92 Å². The molecule has 3 aromatic rings. The van der Waals surface area contributed by atoms with Crippen LogP contribution in [0.15, 0.2) is 41.6 Å². The van der Waals surface area contributed by atoms with Crippen LogP contribution in [0.5, 0.6) is 0 Å². The molecule has 0 unspecified atom stereocenters. The first-order valence-electron chi connectivity index (χ1n) is 10.1. The molecule has 1 atom stereocenters. The van der Waals surface area contributed by atoms with Crippen LogP contribution in [-0.2, 0) is 11.8 Å². The van der Waals surface area contributed by atoms with E-state index < -0.39 is 6.04 Å². The molecule has 0 aliphatic carbocycles. The number of amides is 2. The second kappa shape index (κ2) is 11.6. The Bertz CT molecular complexity index is 1220. The van der Waals surface area contributed by atoms with Gasteiger partial charge in [0.1, 0.15) is 0 Å². The molecule has 0 spiro atoms. The Kier molecular flexibility index (Phi) is 9.12. The molecule has 12 heteroatoms. The predicted molar refractivity (Wildman–Crippen MR) is 138 cm³/mol. The molecule has 3 rings (SSSR count). The molecule has 2 aromatic carbocycles. The van der Waals surface area contributed by atoms with Crippen molar-refractivity contribution >= 4 is 75.7 Å². The van der Waals surface area contributed by atoms with Crippen molar-refractivity contribution in [2.24, 2.45) is 13.0 Å². The van der Waals surface area contributed by atoms with Gasteiger partial charge >= 0.3 is 0 Å². The third-order valence-corrected chi connectivity index (χ3v) is 6.94. The minimum Gasteiger partial charge on any atom is -0.342 e. The summed E-state index contributed by atoms with van der Waals surface area (Å²) in [6, 6.07) is 9.08. The first kappa shape index (κ1) is 26.6. The van der Waals surface area contributed by atoms with Gasteiger partial charge in [0, 0.05) is 17.1 Å². The highest BCUT2D eigenvalue weighted by Crippen LogP contribution is 2.28. The second-order valence-corrected chi connectivity index (χ2v) is 10.3. The van der Waals surface area contributed by atoms with Crippen LogP contribution >= 0.6 is 58.2 Å². The van der Waals surface area contributed by atoms with Crippen molar-refractivity contribution in [1.29, 1.82) is 0 Å². The number of thioether (sulfide) groups is 1. The topological polar surface area (TPSA) is 88.9 Å². The summed E-state index contributed by atoms with van der Waals surface area (Å²) in [6.07, 6.45) is 0. The van der Waals surface area contributed by atoms with Gasteiger partial charge in [-0.25, -0.2) is 0 Å². The van der Waals surface area contributed by atoms with E-state index in [1.165, 1.54) is 17.8 Å². The lowest BCUT2D eigenvalue weighted by atomic mass is 10.0. The van der Waals surface area contributed by atoms with Crippen molar-refractivity contribution in [2.75, 3.05) is 11.1 Å². The average Bonchev–Trinajstić information content (AvgIpc) is 3.12. The molecule has 0 fully saturated rings. The fourth-order valence-electron chi connectivity index (χ4n) is 3.05. The van der Waals surface area contributed by atoms with Gasteiger partial charge in [-0.15, -0.1) is 10.2 Å². The molecule has 0 saturated carbocycles. The second-order valence-electron chi connectivity index (χ2n) is 7.68. The number of halogens is 4. The van der Waals surface area contributed by atoms with Crippen LogP contribution in [0.25, 0.3) is 0 Å². The number of anilines is 1. The first-order valence-corrected chi connectivity index (χ1v) is 12.6. The number of nitrogens with zero attached hydrogens (tertiary/aromatic N) is 3. The Hall–Kier alpha value is -1.97. The van der Waals surface area contributed by atoms with Crippen molar-refractivity contribution in [3.63, 3.8) is 0 Å². The molecule has 1 heterocycles. The van der Waals surface area contributed by atoms with E-state index in [1.807, 2.05) is 13.8 Å². The SMILES string of the molecule is CC(C)[C@@H](NC(=O)c1ccc(Cl)cc1Cl)c1nnc(SCC(=O)Nc2cc(Cl)ccc2Cl)n1C. The van der Waals surface area contributed by atoms with Crippen molar-refractivity contribution in [3.8, 4) is 0 Å². The Labute approximate surface area is 221 Å². The molecule has 0 saturated heterocycles. The Morgan fingerprint density at radius 1 is 1.00 bits per heavy atom. The van der Waals surface area contributed by atoms with E-state index in [9.17, 15) is 9.59 Å². The maximum Gasteiger partial charge on any atom is 0.253 e. The maximum absolute atomic E-state index is 12.8. The number of hydrogen-bond acceptors (Lipinski definition) is 5. The van der Waals surface area contributed by atoms with Gasteiger partial charge in [-0.05, 0) is 42.3 Å². The molecule has 0 aliphatic heterocycles. The van der Waals surface area contributed by atoms with E-state index in [-0.39, 0.29) is 28.5 Å². The average molecular weight is 561 g/mol. The molecule has 1 aromatic heterocycles. The summed E-state index contributed by atoms with van der Waals surface area (Å²) in [7, 11) is 1.78. The molecule has 0 bridgehead atoms. The minimum atomic E-state index is -0.440. The van der Waals surface area contributed by atoms with Gasteiger partial charge in [0.25, 0.3) is 5.91 Å². The lowest BCUT2D eigenvalue weighted by Crippen LogP contribution is -2.33. The Morgan fingerprint density at radius 3 is 2.35 bits per heavy atom. The largest absolute Gasteiger partial charge is 0.342 e. The normalized spacial score (nSPS) is 12.0. The van der Waals surface area contributed by atoms with Gasteiger partial charge in [-0.2, -0.15) is 0 Å². The van der Waals surface area contributed by atoms with Crippen molar-refractivity contribution in [1.82, 2.24) is 20.1 Å². The van der Waals surface area contributed by atoms with Crippen LogP contribution in [0.1, 0.15) is 36.1 Å². The summed E-state index contributed by atoms with van der Waals surface area (Å²) in [5, 5.41) is 16.2. The quantitative estimate of drug-likeness (QED) is 0.316. The maximum atomic E-state index is 12.8. The van der Waals surface area contributed by atoms with E-state index in [1.54, 1.807) is 41.9 Å². The van der Waals surface area contributed by atoms with Crippen LogP contribution in [0.3, 0.4) is 0 Å². The van der Waals surface area contributed by atoms with Crippen LogP contribution in [0.4, 0.5) is 5.69 Å². The van der Waals surface area contributed by atoms with E-state index >= 15 is 0 Å². The number of benzene rings is 2. The zero-order valence-corrected chi connectivity index (χ0v) is 22.2. The smallest absolute Gasteiger partial charge is 0.253 e. The summed E-state index contributed by atoms with van der Waals surface area (Å²) in [5.41, 5.74) is 0.742. The zero-order valence-electron chi connectivity index (χ0n) is 18.4. The number of aromatic nitrogens is 3. The molecule has 0 aliphatic rings. The summed E-state index contributed by atoms with van der Waals surface area (Å²) >= 11 is 25.4. The highest BCUT2D eigenvalue weighted by atomic mass is 35.5. The van der Waals surface area contributed by atoms with Crippen LogP contribution in [-0.4, -0.2) is 32.3 Å². The first-order chi connectivity index (χ1) is 16.1. The van der Waals surface area contributed by atoms with E-state index in [2.05, 4.69) is 20.8 Å². The zero-order chi connectivity index (χ0) is 25.0. The molecular weight excluding hydrogens is 540 g/mol. The molecule has 7 nitrogen and oxygen atoms in total. The van der Waals surface area contributed by atoms with Gasteiger partial charge in [-0.3, -0.25) is 9.59 Å². The Balaban J connectivity index is 1.69. The lowest BCUT2D eigenvalue weighted by molar-refractivity contribution is -0.113. The van der Waals surface area contributed by atoms with Gasteiger partial charge < -0.3 is 15.2 Å². The number of hydrogen-bond donors (Lipinski definition) is 2. The molecular formula is C22H21Cl4N5O2S. The van der Waals surface area contributed by atoms with Gasteiger partial charge in [0.05, 0.1) is 33.1 Å². The third kappa shape index (κ3) is 6.58. The molecule has 0 radical (unpaired) electrons. The number of carbonyl (C=O) groups is 2. The van der Waals surface area contributed by atoms with Crippen molar-refractivity contribution in [3.05, 3.63) is 67.9 Å². The summed E-state index contributed by atoms with van der Waals surface area (Å²) in [4.78, 5) is 25.2. The van der Waals surface area contributed by atoms with E-state index in [4.69, 9.17) is 46.4 Å². The fourth-order valence-corrected chi connectivity index (χ4v) is 4.60. The molecule has 2 N–H and O–H groups in total. The lowest BCUT2D eigenvalue weighted by Gasteiger charge is -2.22. The molecule has 2 amide bonds. The van der Waals surface area contributed by atoms with Gasteiger partial charge in [0.15, 0.2) is 11.0 Å². The van der Waals surface area contributed by atoms with Gasteiger partial charge in [0.2, 0.25) is 5.91 Å². The van der Waals surface area contributed by atoms with Crippen LogP contribution < -0.4 is 10.6 Å². The number of rotatable bonds is 8. The summed E-state index contributed by atoms with van der Waals surface area (Å²) in [5.74, 6) is 0.00639. The van der Waals surface area contributed by atoms with Crippen LogP contribution in [0.2, 0.25) is 20.1 Å². The summed E-state index contributed by atoms with van der Waals surface area (Å²) < 4.78 is 1.75. The van der Waals surface area contributed by atoms with E-state index in [0.29, 0.717) is 37.3 Å². The standard InChI is InChI=1S/C22H21Cl4N5O2S/c1-11(2)19(28-21(33)14-6-4-12(23)8-16(14)26)20-29-30-22(31(20)3)34-10-18(32)27-17-9-13(24)5-7-15(17)25/h4-9,11,19H,10H2,1-3H3,(H,27,32)(H,28,33)/t19-/m1/s1. The van der Waals surface area contributed by atoms with Crippen molar-refractivity contribution < 1.29 is 9.59 Å². The highest BCUT2D eigenvalue weighted by molar-refractivity contribution is 7.99. The van der Waals surface area contributed by atoms with Gasteiger partial charge in [-0.1, -0.05) is 72.0 Å². The summed E-state index contributed by atoms with van der Waals surface area (Å²) in [6.45, 7) is 3.91.